The van der Waals surface area contributed by atoms with Gasteiger partial charge in [-0.1, -0.05) is 0 Å². The van der Waals surface area contributed by atoms with E-state index in [0.717, 1.165) is 6.26 Å². The van der Waals surface area contributed by atoms with Gasteiger partial charge in [0.15, 0.2) is 0 Å². The number of carbonyl (C=O) groups excluding carboxylic acids is 1. The van der Waals surface area contributed by atoms with Crippen molar-refractivity contribution >= 4 is 31.8 Å². The first-order chi connectivity index (χ1) is 9.47. The topological polar surface area (TPSA) is 144 Å². The Labute approximate surface area is 123 Å². The van der Waals surface area contributed by atoms with Crippen molar-refractivity contribution in [1.29, 1.82) is 0 Å². The molecule has 0 spiro atoms. The summed E-state index contributed by atoms with van der Waals surface area (Å²) in [5, 5.41) is 8.91. The van der Waals surface area contributed by atoms with E-state index in [9.17, 15) is 26.4 Å². The molecule has 0 bridgehead atoms. The molecule has 0 aliphatic heterocycles. The zero-order chi connectivity index (χ0) is 16.7. The Balaban J connectivity index is 4.62. The van der Waals surface area contributed by atoms with E-state index in [2.05, 4.69) is 4.74 Å². The van der Waals surface area contributed by atoms with Crippen molar-refractivity contribution in [1.82, 2.24) is 4.72 Å². The van der Waals surface area contributed by atoms with Gasteiger partial charge in [-0.15, -0.1) is 0 Å². The Morgan fingerprint density at radius 2 is 1.76 bits per heavy atom. The summed E-state index contributed by atoms with van der Waals surface area (Å²) in [5.41, 5.74) is 0. The molecule has 0 saturated carbocycles. The number of rotatable bonds is 10. The van der Waals surface area contributed by atoms with E-state index in [-0.39, 0.29) is 19.4 Å². The van der Waals surface area contributed by atoms with Crippen LogP contribution in [0.5, 0.6) is 0 Å². The Kier molecular flexibility index (Phi) is 7.82. The van der Waals surface area contributed by atoms with Crippen molar-refractivity contribution in [2.24, 2.45) is 0 Å². The van der Waals surface area contributed by atoms with Gasteiger partial charge in [0.05, 0.1) is 18.1 Å². The monoisotopic (exact) mass is 345 g/mol. The molecule has 0 aromatic carbocycles. The van der Waals surface area contributed by atoms with E-state index >= 15 is 0 Å². The summed E-state index contributed by atoms with van der Waals surface area (Å²) in [6.45, 7) is 1.72. The Hall–Kier alpha value is -1.20. The lowest BCUT2D eigenvalue weighted by atomic mass is 10.2. The normalized spacial score (nSPS) is 13.6. The molecular formula is C10H19NO8S2. The van der Waals surface area contributed by atoms with Gasteiger partial charge in [0.25, 0.3) is 0 Å². The molecule has 0 unspecified atom stereocenters. The summed E-state index contributed by atoms with van der Waals surface area (Å²) < 4.78 is 51.5. The molecule has 0 rings (SSSR count). The van der Waals surface area contributed by atoms with E-state index in [1.54, 1.807) is 6.92 Å². The zero-order valence-electron chi connectivity index (χ0n) is 11.7. The molecule has 0 fully saturated rings. The fourth-order valence-corrected chi connectivity index (χ4v) is 4.12. The van der Waals surface area contributed by atoms with Gasteiger partial charge >= 0.3 is 11.9 Å². The van der Waals surface area contributed by atoms with E-state index in [0.29, 0.717) is 0 Å². The van der Waals surface area contributed by atoms with Gasteiger partial charge in [-0.25, -0.2) is 21.6 Å². The lowest BCUT2D eigenvalue weighted by molar-refractivity contribution is -0.144. The number of carboxylic acid groups (broad SMARTS) is 1. The fourth-order valence-electron chi connectivity index (χ4n) is 1.26. The number of sulfonamides is 1. The summed E-state index contributed by atoms with van der Waals surface area (Å²) >= 11 is 0. The second-order valence-electron chi connectivity index (χ2n) is 4.30. The lowest BCUT2D eigenvalue weighted by Gasteiger charge is -2.14. The van der Waals surface area contributed by atoms with Gasteiger partial charge in [-0.3, -0.25) is 9.59 Å². The number of carbonyl (C=O) groups is 2. The van der Waals surface area contributed by atoms with Gasteiger partial charge in [0.1, 0.15) is 15.9 Å². The molecule has 0 saturated heterocycles. The third-order valence-corrected chi connectivity index (χ3v) is 4.87. The van der Waals surface area contributed by atoms with Gasteiger partial charge in [0.2, 0.25) is 10.0 Å². The van der Waals surface area contributed by atoms with Crippen LogP contribution in [0.4, 0.5) is 0 Å². The summed E-state index contributed by atoms with van der Waals surface area (Å²) in [6, 6.07) is -1.51. The fraction of sp³-hybridized carbons (Fsp3) is 0.800. The van der Waals surface area contributed by atoms with Crippen LogP contribution in [-0.2, 0) is 34.2 Å². The maximum Gasteiger partial charge on any atom is 0.321 e. The SMILES string of the molecule is CCOC(=O)CC[C@H](NS(=O)(=O)CCS(C)(=O)=O)C(=O)O. The maximum atomic E-state index is 11.6. The van der Waals surface area contributed by atoms with Crippen LogP contribution in [0.1, 0.15) is 19.8 Å². The number of sulfone groups is 1. The summed E-state index contributed by atoms with van der Waals surface area (Å²) in [5.74, 6) is -3.46. The molecule has 11 heteroatoms. The second kappa shape index (κ2) is 8.29. The molecule has 0 radical (unpaired) electrons. The lowest BCUT2D eigenvalue weighted by Crippen LogP contribution is -2.43. The molecule has 21 heavy (non-hydrogen) atoms. The highest BCUT2D eigenvalue weighted by molar-refractivity contribution is 7.93. The van der Waals surface area contributed by atoms with Crippen LogP contribution >= 0.6 is 0 Å². The standard InChI is InChI=1S/C10H19NO8S2/c1-3-19-9(12)5-4-8(10(13)14)11-21(17,18)7-6-20(2,15)16/h8,11H,3-7H2,1-2H3,(H,13,14)/t8-/m0/s1. The van der Waals surface area contributed by atoms with Crippen molar-refractivity contribution < 1.29 is 36.3 Å². The molecule has 2 N–H and O–H groups in total. The average Bonchev–Trinajstić information content (AvgIpc) is 2.31. The van der Waals surface area contributed by atoms with Gasteiger partial charge in [0, 0.05) is 12.7 Å². The predicted molar refractivity (Wildman–Crippen MR) is 73.9 cm³/mol. The average molecular weight is 345 g/mol. The van der Waals surface area contributed by atoms with Crippen molar-refractivity contribution in [3.8, 4) is 0 Å². The minimum absolute atomic E-state index is 0.136. The second-order valence-corrected chi connectivity index (χ2v) is 8.43. The van der Waals surface area contributed by atoms with Crippen molar-refractivity contribution in [2.45, 2.75) is 25.8 Å². The quantitative estimate of drug-likeness (QED) is 0.467. The first-order valence-electron chi connectivity index (χ1n) is 6.03. The minimum Gasteiger partial charge on any atom is -0.480 e. The third-order valence-electron chi connectivity index (χ3n) is 2.29. The predicted octanol–water partition coefficient (Wildman–Crippen LogP) is -1.25. The van der Waals surface area contributed by atoms with Crippen LogP contribution in [-0.4, -0.2) is 64.3 Å². The number of nitrogens with one attached hydrogen (secondary N) is 1. The number of hydrogen-bond acceptors (Lipinski definition) is 7. The van der Waals surface area contributed by atoms with Crippen molar-refractivity contribution in [2.75, 3.05) is 24.4 Å². The molecule has 124 valence electrons. The van der Waals surface area contributed by atoms with Crippen LogP contribution in [0.25, 0.3) is 0 Å². The first-order valence-corrected chi connectivity index (χ1v) is 9.74. The molecule has 0 amide bonds. The number of carboxylic acids is 1. The molecule has 0 aromatic heterocycles. The number of hydrogen-bond donors (Lipinski definition) is 2. The molecule has 9 nitrogen and oxygen atoms in total. The highest BCUT2D eigenvalue weighted by Gasteiger charge is 2.25. The van der Waals surface area contributed by atoms with E-state index in [1.165, 1.54) is 0 Å². The number of aliphatic carboxylic acids is 1. The maximum absolute atomic E-state index is 11.6. The van der Waals surface area contributed by atoms with E-state index < -0.39 is 49.3 Å². The molecule has 0 heterocycles. The van der Waals surface area contributed by atoms with Crippen LogP contribution < -0.4 is 4.72 Å². The Morgan fingerprint density at radius 1 is 1.19 bits per heavy atom. The van der Waals surface area contributed by atoms with Crippen LogP contribution in [0.15, 0.2) is 0 Å². The highest BCUT2D eigenvalue weighted by atomic mass is 32.2. The molecular weight excluding hydrogens is 326 g/mol. The number of ether oxygens (including phenoxy) is 1. The largest absolute Gasteiger partial charge is 0.480 e. The molecule has 1 atom stereocenters. The minimum atomic E-state index is -4.08. The van der Waals surface area contributed by atoms with Gasteiger partial charge < -0.3 is 9.84 Å². The Morgan fingerprint density at radius 3 is 2.19 bits per heavy atom. The van der Waals surface area contributed by atoms with Crippen LogP contribution in [0.3, 0.4) is 0 Å². The third kappa shape index (κ3) is 10.2. The van der Waals surface area contributed by atoms with Crippen LogP contribution in [0, 0.1) is 0 Å². The zero-order valence-corrected chi connectivity index (χ0v) is 13.4. The molecule has 0 aliphatic carbocycles. The van der Waals surface area contributed by atoms with Gasteiger partial charge in [-0.05, 0) is 13.3 Å². The first kappa shape index (κ1) is 19.8. The number of esters is 1. The van der Waals surface area contributed by atoms with E-state index in [4.69, 9.17) is 5.11 Å². The van der Waals surface area contributed by atoms with Crippen molar-refractivity contribution in [3.63, 3.8) is 0 Å². The molecule has 0 aliphatic rings. The van der Waals surface area contributed by atoms with Crippen molar-refractivity contribution in [3.05, 3.63) is 0 Å². The summed E-state index contributed by atoms with van der Waals surface area (Å²) in [6.07, 6.45) is 0.323. The molecule has 0 aromatic rings. The smallest absolute Gasteiger partial charge is 0.321 e. The summed E-state index contributed by atoms with van der Waals surface area (Å²) in [7, 11) is -7.57. The van der Waals surface area contributed by atoms with Crippen LogP contribution in [0.2, 0.25) is 0 Å². The van der Waals surface area contributed by atoms with Gasteiger partial charge in [-0.2, -0.15) is 0 Å². The van der Waals surface area contributed by atoms with E-state index in [1.807, 2.05) is 4.72 Å². The highest BCUT2D eigenvalue weighted by Crippen LogP contribution is 2.03. The summed E-state index contributed by atoms with van der Waals surface area (Å²) in [4.78, 5) is 22.1. The Bertz CT molecular complexity index is 566.